The molecule has 0 N–H and O–H groups in total. The first kappa shape index (κ1) is 16.9. The number of ether oxygens (including phenoxy) is 2. The first-order valence-electron chi connectivity index (χ1n) is 8.10. The Morgan fingerprint density at radius 1 is 1.29 bits per heavy atom. The maximum Gasteiger partial charge on any atom is 0.254 e. The van der Waals surface area contributed by atoms with Gasteiger partial charge in [0.25, 0.3) is 5.91 Å². The molecule has 24 heavy (non-hydrogen) atoms. The van der Waals surface area contributed by atoms with Crippen LogP contribution in [0, 0.1) is 6.92 Å². The standard InChI is InChI=1S/C18H22N2O3S/c1-12-8-20(9-13(2)23-12)18(21)15-4-6-17(7-5-15)22-10-16-11-24-14(3)19-16/h4-7,11-13H,8-10H2,1-3H3/t12-,13+. The van der Waals surface area contributed by atoms with Crippen LogP contribution < -0.4 is 4.74 Å². The highest BCUT2D eigenvalue weighted by molar-refractivity contribution is 7.09. The Labute approximate surface area is 146 Å². The Balaban J connectivity index is 1.60. The Morgan fingerprint density at radius 2 is 1.96 bits per heavy atom. The zero-order valence-electron chi connectivity index (χ0n) is 14.2. The van der Waals surface area contributed by atoms with Crippen LogP contribution in [0.2, 0.25) is 0 Å². The lowest BCUT2D eigenvalue weighted by Gasteiger charge is -2.35. The number of rotatable bonds is 4. The summed E-state index contributed by atoms with van der Waals surface area (Å²) in [5.74, 6) is 0.777. The van der Waals surface area contributed by atoms with Gasteiger partial charge in [0.15, 0.2) is 0 Å². The van der Waals surface area contributed by atoms with Crippen molar-refractivity contribution in [3.05, 3.63) is 45.9 Å². The summed E-state index contributed by atoms with van der Waals surface area (Å²) in [7, 11) is 0. The van der Waals surface area contributed by atoms with Crippen molar-refractivity contribution in [1.82, 2.24) is 9.88 Å². The number of carbonyl (C=O) groups excluding carboxylic acids is 1. The van der Waals surface area contributed by atoms with E-state index in [1.807, 2.05) is 55.3 Å². The Bertz CT molecular complexity index is 689. The van der Waals surface area contributed by atoms with E-state index >= 15 is 0 Å². The van der Waals surface area contributed by atoms with Gasteiger partial charge in [-0.05, 0) is 45.0 Å². The van der Waals surface area contributed by atoms with Gasteiger partial charge in [-0.15, -0.1) is 11.3 Å². The Hall–Kier alpha value is -1.92. The zero-order valence-corrected chi connectivity index (χ0v) is 15.0. The number of thiazole rings is 1. The third-order valence-electron chi connectivity index (χ3n) is 3.86. The third-order valence-corrected chi connectivity index (χ3v) is 4.68. The lowest BCUT2D eigenvalue weighted by molar-refractivity contribution is -0.0586. The molecule has 0 spiro atoms. The van der Waals surface area contributed by atoms with Crippen molar-refractivity contribution >= 4 is 17.2 Å². The van der Waals surface area contributed by atoms with Crippen LogP contribution in [0.1, 0.15) is 34.9 Å². The predicted octanol–water partition coefficient (Wildman–Crippen LogP) is 3.28. The molecule has 6 heteroatoms. The number of hydrogen-bond donors (Lipinski definition) is 0. The molecule has 1 aliphatic heterocycles. The molecule has 0 aliphatic carbocycles. The van der Waals surface area contributed by atoms with Crippen molar-refractivity contribution in [1.29, 1.82) is 0 Å². The number of amides is 1. The van der Waals surface area contributed by atoms with E-state index < -0.39 is 0 Å². The van der Waals surface area contributed by atoms with Crippen molar-refractivity contribution in [2.75, 3.05) is 13.1 Å². The van der Waals surface area contributed by atoms with Crippen molar-refractivity contribution in [3.63, 3.8) is 0 Å². The van der Waals surface area contributed by atoms with Crippen LogP contribution in [0.5, 0.6) is 5.75 Å². The van der Waals surface area contributed by atoms with Gasteiger partial charge >= 0.3 is 0 Å². The highest BCUT2D eigenvalue weighted by atomic mass is 32.1. The number of morpholine rings is 1. The zero-order chi connectivity index (χ0) is 17.1. The van der Waals surface area contributed by atoms with E-state index in [0.717, 1.165) is 16.5 Å². The summed E-state index contributed by atoms with van der Waals surface area (Å²) < 4.78 is 11.4. The van der Waals surface area contributed by atoms with Gasteiger partial charge in [0, 0.05) is 24.0 Å². The van der Waals surface area contributed by atoms with Gasteiger partial charge in [-0.2, -0.15) is 0 Å². The summed E-state index contributed by atoms with van der Waals surface area (Å²) in [6.07, 6.45) is 0.142. The summed E-state index contributed by atoms with van der Waals surface area (Å²) in [5, 5.41) is 3.03. The maximum atomic E-state index is 12.6. The molecule has 0 unspecified atom stereocenters. The molecule has 0 bridgehead atoms. The fourth-order valence-electron chi connectivity index (χ4n) is 2.85. The molecular formula is C18H22N2O3S. The van der Waals surface area contributed by atoms with Crippen LogP contribution in [0.15, 0.2) is 29.6 Å². The minimum absolute atomic E-state index is 0.0404. The summed E-state index contributed by atoms with van der Waals surface area (Å²) in [4.78, 5) is 18.8. The smallest absolute Gasteiger partial charge is 0.254 e. The van der Waals surface area contributed by atoms with E-state index in [1.165, 1.54) is 0 Å². The van der Waals surface area contributed by atoms with E-state index in [4.69, 9.17) is 9.47 Å². The van der Waals surface area contributed by atoms with E-state index in [0.29, 0.717) is 25.3 Å². The van der Waals surface area contributed by atoms with Crippen LogP contribution in [0.3, 0.4) is 0 Å². The molecule has 3 rings (SSSR count). The first-order valence-corrected chi connectivity index (χ1v) is 8.98. The molecule has 1 aromatic heterocycles. The second-order valence-corrected chi connectivity index (χ2v) is 7.20. The van der Waals surface area contributed by atoms with Gasteiger partial charge in [-0.3, -0.25) is 4.79 Å². The van der Waals surface area contributed by atoms with E-state index in [1.54, 1.807) is 11.3 Å². The van der Waals surface area contributed by atoms with Gasteiger partial charge in [-0.25, -0.2) is 4.98 Å². The fraction of sp³-hybridized carbons (Fsp3) is 0.444. The summed E-state index contributed by atoms with van der Waals surface area (Å²) in [6, 6.07) is 7.29. The average molecular weight is 346 g/mol. The molecule has 0 radical (unpaired) electrons. The lowest BCUT2D eigenvalue weighted by atomic mass is 10.1. The molecule has 128 valence electrons. The van der Waals surface area contributed by atoms with Crippen LogP contribution in [-0.2, 0) is 11.3 Å². The van der Waals surface area contributed by atoms with Crippen LogP contribution >= 0.6 is 11.3 Å². The highest BCUT2D eigenvalue weighted by Crippen LogP contribution is 2.18. The van der Waals surface area contributed by atoms with Crippen molar-refractivity contribution in [3.8, 4) is 5.75 Å². The molecule has 1 aliphatic rings. The van der Waals surface area contributed by atoms with Crippen molar-refractivity contribution in [2.24, 2.45) is 0 Å². The molecule has 1 aromatic carbocycles. The molecule has 2 heterocycles. The molecule has 0 saturated carbocycles. The molecule has 1 amide bonds. The minimum atomic E-state index is 0.0404. The number of carbonyl (C=O) groups is 1. The second-order valence-electron chi connectivity index (χ2n) is 6.14. The summed E-state index contributed by atoms with van der Waals surface area (Å²) >= 11 is 1.61. The highest BCUT2D eigenvalue weighted by Gasteiger charge is 2.26. The van der Waals surface area contributed by atoms with E-state index in [-0.39, 0.29) is 18.1 Å². The van der Waals surface area contributed by atoms with Crippen molar-refractivity contribution < 1.29 is 14.3 Å². The summed E-state index contributed by atoms with van der Waals surface area (Å²) in [6.45, 7) is 7.66. The molecular weight excluding hydrogens is 324 g/mol. The topological polar surface area (TPSA) is 51.7 Å². The quantitative estimate of drug-likeness (QED) is 0.852. The monoisotopic (exact) mass is 346 g/mol. The molecule has 1 fully saturated rings. The molecule has 2 aromatic rings. The predicted molar refractivity (Wildman–Crippen MR) is 93.5 cm³/mol. The molecule has 5 nitrogen and oxygen atoms in total. The number of aromatic nitrogens is 1. The first-order chi connectivity index (χ1) is 11.5. The van der Waals surface area contributed by atoms with Gasteiger partial charge in [0.05, 0.1) is 22.9 Å². The minimum Gasteiger partial charge on any atom is -0.487 e. The van der Waals surface area contributed by atoms with E-state index in [9.17, 15) is 4.79 Å². The number of hydrogen-bond acceptors (Lipinski definition) is 5. The maximum absolute atomic E-state index is 12.6. The largest absolute Gasteiger partial charge is 0.487 e. The van der Waals surface area contributed by atoms with Gasteiger partial charge in [0.2, 0.25) is 0 Å². The van der Waals surface area contributed by atoms with Gasteiger partial charge < -0.3 is 14.4 Å². The average Bonchev–Trinajstić information content (AvgIpc) is 2.97. The van der Waals surface area contributed by atoms with Gasteiger partial charge in [0.1, 0.15) is 12.4 Å². The van der Waals surface area contributed by atoms with Gasteiger partial charge in [-0.1, -0.05) is 0 Å². The summed E-state index contributed by atoms with van der Waals surface area (Å²) in [5.41, 5.74) is 1.60. The Kier molecular flexibility index (Phi) is 5.16. The third kappa shape index (κ3) is 4.13. The van der Waals surface area contributed by atoms with Crippen LogP contribution in [0.25, 0.3) is 0 Å². The SMILES string of the molecule is Cc1nc(COc2ccc(C(=O)N3C[C@@H](C)O[C@@H](C)C3)cc2)cs1. The fourth-order valence-corrected chi connectivity index (χ4v) is 3.45. The number of nitrogens with zero attached hydrogens (tertiary/aromatic N) is 2. The van der Waals surface area contributed by atoms with Crippen LogP contribution in [-0.4, -0.2) is 41.1 Å². The van der Waals surface area contributed by atoms with E-state index in [2.05, 4.69) is 4.98 Å². The Morgan fingerprint density at radius 3 is 2.54 bits per heavy atom. The normalized spacial score (nSPS) is 20.9. The number of benzene rings is 1. The molecule has 1 saturated heterocycles. The molecule has 2 atom stereocenters. The van der Waals surface area contributed by atoms with Crippen LogP contribution in [0.4, 0.5) is 0 Å². The number of aryl methyl sites for hydroxylation is 1. The lowest BCUT2D eigenvalue weighted by Crippen LogP contribution is -2.48. The van der Waals surface area contributed by atoms with Crippen molar-refractivity contribution in [2.45, 2.75) is 39.6 Å². The second kappa shape index (κ2) is 7.32.